The number of benzene rings is 2. The third kappa shape index (κ3) is 8.42. The van der Waals surface area contributed by atoms with Gasteiger partial charge in [-0.2, -0.15) is 13.2 Å². The van der Waals surface area contributed by atoms with Gasteiger partial charge in [0.25, 0.3) is 0 Å². The number of urea groups is 1. The average molecular weight is 604 g/mol. The molecule has 1 saturated heterocycles. The number of ether oxygens (including phenoxy) is 1. The second-order valence-electron chi connectivity index (χ2n) is 11.5. The van der Waals surface area contributed by atoms with Gasteiger partial charge >= 0.3 is 12.2 Å². The van der Waals surface area contributed by atoms with Gasteiger partial charge < -0.3 is 30.1 Å². The summed E-state index contributed by atoms with van der Waals surface area (Å²) >= 11 is 0. The molecule has 0 bridgehead atoms. The molecule has 0 aromatic heterocycles. The first-order chi connectivity index (χ1) is 20.7. The van der Waals surface area contributed by atoms with E-state index in [2.05, 4.69) is 48.1 Å². The predicted molar refractivity (Wildman–Crippen MR) is 165 cm³/mol. The number of hydrogen-bond acceptors (Lipinski definition) is 5. The summed E-state index contributed by atoms with van der Waals surface area (Å²) in [6.45, 7) is 15.4. The standard InChI is InChI=1S/C33H48F3N5O2/c1-5-39(6-2)18-20-41(21-19-40(7-3)8-4)32(42)37-23-26-15-16-27-30(24-12-10-9-11-13-24)38-29-17-14-25(33(34,35)36)22-28(29)31(27)43-26/h9-14,17,22,26-27,30-31,38H,5-8,15-16,18-21,23H2,1-4H3,(H,37,42)/t26-,27+,30+,31+/m1/s1. The third-order valence-electron chi connectivity index (χ3n) is 9.06. The van der Waals surface area contributed by atoms with E-state index in [0.29, 0.717) is 37.3 Å². The van der Waals surface area contributed by atoms with E-state index < -0.39 is 17.8 Å². The Morgan fingerprint density at radius 3 is 2.12 bits per heavy atom. The molecule has 2 amide bonds. The first-order valence-electron chi connectivity index (χ1n) is 15.8. The summed E-state index contributed by atoms with van der Waals surface area (Å²) < 4.78 is 47.6. The van der Waals surface area contributed by atoms with Crippen molar-refractivity contribution in [2.45, 2.75) is 65.0 Å². The lowest BCUT2D eigenvalue weighted by Crippen LogP contribution is -2.49. The molecule has 43 heavy (non-hydrogen) atoms. The maximum Gasteiger partial charge on any atom is 0.416 e. The van der Waals surface area contributed by atoms with Crippen LogP contribution < -0.4 is 10.6 Å². The Bertz CT molecular complexity index is 1140. The van der Waals surface area contributed by atoms with Gasteiger partial charge in [0.2, 0.25) is 0 Å². The summed E-state index contributed by atoms with van der Waals surface area (Å²) in [4.78, 5) is 19.9. The molecule has 2 aliphatic rings. The highest BCUT2D eigenvalue weighted by atomic mass is 19.4. The predicted octanol–water partition coefficient (Wildman–Crippen LogP) is 6.40. The number of alkyl halides is 3. The van der Waals surface area contributed by atoms with Gasteiger partial charge in [-0.15, -0.1) is 0 Å². The smallest absolute Gasteiger partial charge is 0.378 e. The van der Waals surface area contributed by atoms with Gasteiger partial charge in [0, 0.05) is 49.9 Å². The fraction of sp³-hybridized carbons (Fsp3) is 0.606. The van der Waals surface area contributed by atoms with Crippen molar-refractivity contribution in [2.24, 2.45) is 5.92 Å². The molecule has 2 N–H and O–H groups in total. The molecule has 0 unspecified atom stereocenters. The van der Waals surface area contributed by atoms with Gasteiger partial charge in [-0.1, -0.05) is 58.0 Å². The van der Waals surface area contributed by atoms with E-state index in [4.69, 9.17) is 4.74 Å². The molecule has 1 fully saturated rings. The number of hydrogen-bond donors (Lipinski definition) is 2. The van der Waals surface area contributed by atoms with Crippen molar-refractivity contribution < 1.29 is 22.7 Å². The van der Waals surface area contributed by atoms with Gasteiger partial charge in [-0.25, -0.2) is 4.79 Å². The van der Waals surface area contributed by atoms with Crippen molar-refractivity contribution in [2.75, 3.05) is 64.2 Å². The lowest BCUT2D eigenvalue weighted by atomic mass is 9.76. The summed E-state index contributed by atoms with van der Waals surface area (Å²) in [5.41, 5.74) is 1.59. The molecule has 4 atom stereocenters. The first kappa shape index (κ1) is 33.1. The molecule has 10 heteroatoms. The number of anilines is 1. The van der Waals surface area contributed by atoms with Crippen LogP contribution in [-0.2, 0) is 10.9 Å². The fourth-order valence-electron chi connectivity index (χ4n) is 6.30. The Hall–Kier alpha value is -2.82. The van der Waals surface area contributed by atoms with Gasteiger partial charge in [-0.3, -0.25) is 0 Å². The van der Waals surface area contributed by atoms with Crippen molar-refractivity contribution in [3.05, 3.63) is 65.2 Å². The Morgan fingerprint density at radius 1 is 0.907 bits per heavy atom. The number of carbonyl (C=O) groups excluding carboxylic acids is 1. The molecule has 0 aliphatic carbocycles. The quantitative estimate of drug-likeness (QED) is 0.277. The van der Waals surface area contributed by atoms with Crippen LogP contribution in [0, 0.1) is 5.92 Å². The van der Waals surface area contributed by atoms with Crippen LogP contribution in [0.3, 0.4) is 0 Å². The molecule has 0 radical (unpaired) electrons. The zero-order valence-electron chi connectivity index (χ0n) is 26.0. The number of halogens is 3. The summed E-state index contributed by atoms with van der Waals surface area (Å²) in [6, 6.07) is 13.6. The number of nitrogens with zero attached hydrogens (tertiary/aromatic N) is 3. The molecular weight excluding hydrogens is 555 g/mol. The van der Waals surface area contributed by atoms with Crippen LogP contribution in [0.5, 0.6) is 0 Å². The number of fused-ring (bicyclic) bond motifs is 3. The molecule has 4 rings (SSSR count). The molecule has 7 nitrogen and oxygen atoms in total. The highest BCUT2D eigenvalue weighted by Gasteiger charge is 2.43. The monoisotopic (exact) mass is 603 g/mol. The summed E-state index contributed by atoms with van der Waals surface area (Å²) in [7, 11) is 0. The summed E-state index contributed by atoms with van der Waals surface area (Å²) in [6.07, 6.45) is -3.78. The number of carbonyl (C=O) groups is 1. The average Bonchev–Trinajstić information content (AvgIpc) is 3.02. The highest BCUT2D eigenvalue weighted by Crippen LogP contribution is 2.51. The van der Waals surface area contributed by atoms with Crippen molar-refractivity contribution >= 4 is 11.7 Å². The van der Waals surface area contributed by atoms with Crippen LogP contribution in [0.2, 0.25) is 0 Å². The van der Waals surface area contributed by atoms with E-state index >= 15 is 0 Å². The second kappa shape index (κ2) is 15.3. The van der Waals surface area contributed by atoms with E-state index in [1.54, 1.807) is 0 Å². The Morgan fingerprint density at radius 2 is 1.53 bits per heavy atom. The third-order valence-corrected chi connectivity index (χ3v) is 9.06. The number of amides is 2. The van der Waals surface area contributed by atoms with Gasteiger partial charge in [-0.05, 0) is 62.8 Å². The van der Waals surface area contributed by atoms with E-state index in [9.17, 15) is 18.0 Å². The summed E-state index contributed by atoms with van der Waals surface area (Å²) in [5, 5.41) is 6.60. The SMILES string of the molecule is CCN(CC)CCN(CCN(CC)CC)C(=O)NC[C@H]1CC[C@@H]2[C@H](O1)c1cc(C(F)(F)F)ccc1N[C@H]2c1ccccc1. The van der Waals surface area contributed by atoms with Crippen molar-refractivity contribution in [3.8, 4) is 0 Å². The molecule has 238 valence electrons. The normalized spacial score (nSPS) is 21.7. The molecule has 2 aliphatic heterocycles. The number of rotatable bonds is 13. The van der Waals surface area contributed by atoms with Crippen molar-refractivity contribution in [1.29, 1.82) is 0 Å². The van der Waals surface area contributed by atoms with Crippen LogP contribution in [-0.4, -0.2) is 85.7 Å². The number of nitrogens with one attached hydrogen (secondary N) is 2. The lowest BCUT2D eigenvalue weighted by Gasteiger charge is -2.46. The van der Waals surface area contributed by atoms with E-state index in [-0.39, 0.29) is 24.1 Å². The maximum atomic E-state index is 13.7. The maximum absolute atomic E-state index is 13.7. The first-order valence-corrected chi connectivity index (χ1v) is 15.8. The van der Waals surface area contributed by atoms with Gasteiger partial charge in [0.1, 0.15) is 0 Å². The number of likely N-dealkylation sites (N-methyl/N-ethyl adjacent to an activating group) is 2. The van der Waals surface area contributed by atoms with Crippen molar-refractivity contribution in [1.82, 2.24) is 20.0 Å². The van der Waals surface area contributed by atoms with Crippen molar-refractivity contribution in [3.63, 3.8) is 0 Å². The minimum absolute atomic E-state index is 0.0371. The Balaban J connectivity index is 1.48. The molecule has 0 spiro atoms. The minimum Gasteiger partial charge on any atom is -0.378 e. The topological polar surface area (TPSA) is 60.1 Å². The van der Waals surface area contributed by atoms with Crippen LogP contribution in [0.15, 0.2) is 48.5 Å². The zero-order valence-corrected chi connectivity index (χ0v) is 26.0. The molecule has 2 heterocycles. The molecule has 0 saturated carbocycles. The second-order valence-corrected chi connectivity index (χ2v) is 11.5. The van der Waals surface area contributed by atoms with Gasteiger partial charge in [0.15, 0.2) is 0 Å². The van der Waals surface area contributed by atoms with Crippen LogP contribution in [0.4, 0.5) is 23.7 Å². The molecular formula is C33H48F3N5O2. The fourth-order valence-corrected chi connectivity index (χ4v) is 6.30. The molecule has 2 aromatic carbocycles. The molecule has 2 aromatic rings. The largest absolute Gasteiger partial charge is 0.416 e. The van der Waals surface area contributed by atoms with Crippen LogP contribution in [0.1, 0.15) is 69.4 Å². The van der Waals surface area contributed by atoms with Gasteiger partial charge in [0.05, 0.1) is 23.8 Å². The lowest BCUT2D eigenvalue weighted by molar-refractivity contribution is -0.138. The Labute approximate surface area is 254 Å². The zero-order chi connectivity index (χ0) is 31.0. The van der Waals surface area contributed by atoms with Crippen LogP contribution in [0.25, 0.3) is 0 Å². The minimum atomic E-state index is -4.44. The van der Waals surface area contributed by atoms with E-state index in [0.717, 1.165) is 57.3 Å². The highest BCUT2D eigenvalue weighted by molar-refractivity contribution is 5.74. The Kier molecular flexibility index (Phi) is 11.7. The summed E-state index contributed by atoms with van der Waals surface area (Å²) in [5.74, 6) is -0.0371. The van der Waals surface area contributed by atoms with E-state index in [1.165, 1.54) is 12.1 Å². The van der Waals surface area contributed by atoms with Crippen LogP contribution >= 0.6 is 0 Å². The van der Waals surface area contributed by atoms with E-state index in [1.807, 2.05) is 35.2 Å².